The van der Waals surface area contributed by atoms with Crippen molar-refractivity contribution in [2.24, 2.45) is 0 Å². The average Bonchev–Trinajstić information content (AvgIpc) is 2.65. The molecule has 0 aliphatic heterocycles. The molecule has 0 aliphatic carbocycles. The van der Waals surface area contributed by atoms with Crippen molar-refractivity contribution in [2.45, 2.75) is 19.8 Å². The first kappa shape index (κ1) is 12.3. The maximum absolute atomic E-state index is 13.9. The van der Waals surface area contributed by atoms with Gasteiger partial charge in [-0.2, -0.15) is 0 Å². The van der Waals surface area contributed by atoms with Crippen LogP contribution in [0.5, 0.6) is 0 Å². The van der Waals surface area contributed by atoms with Crippen LogP contribution < -0.4 is 0 Å². The minimum Gasteiger partial charge on any atom is -0.266 e. The summed E-state index contributed by atoms with van der Waals surface area (Å²) < 4.78 is 15.4. The number of hydrogen-bond donors (Lipinski definition) is 0. The molecule has 17 heavy (non-hydrogen) atoms. The first-order valence-electron chi connectivity index (χ1n) is 5.07. The van der Waals surface area contributed by atoms with Crippen LogP contribution in [0.2, 0.25) is 10.3 Å². The molecule has 0 radical (unpaired) electrons. The van der Waals surface area contributed by atoms with Gasteiger partial charge in [0.25, 0.3) is 0 Å². The molecular formula is C11H10Cl2FN3. The van der Waals surface area contributed by atoms with Gasteiger partial charge in [0.05, 0.1) is 10.7 Å². The predicted octanol–water partition coefficient (Wildman–Crippen LogP) is 3.84. The topological polar surface area (TPSA) is 30.7 Å². The van der Waals surface area contributed by atoms with E-state index >= 15 is 0 Å². The lowest BCUT2D eigenvalue weighted by Gasteiger charge is -2.11. The van der Waals surface area contributed by atoms with Gasteiger partial charge in [0.2, 0.25) is 5.28 Å². The van der Waals surface area contributed by atoms with Crippen LogP contribution in [-0.4, -0.2) is 14.8 Å². The number of hydrogen-bond acceptors (Lipinski definition) is 2. The third-order valence-electron chi connectivity index (χ3n) is 2.34. The van der Waals surface area contributed by atoms with Gasteiger partial charge in [-0.05, 0) is 23.7 Å². The lowest BCUT2D eigenvalue weighted by Crippen LogP contribution is -2.05. The van der Waals surface area contributed by atoms with Gasteiger partial charge >= 0.3 is 0 Å². The van der Waals surface area contributed by atoms with Crippen LogP contribution >= 0.6 is 23.2 Å². The van der Waals surface area contributed by atoms with E-state index in [1.54, 1.807) is 12.1 Å². The Hall–Kier alpha value is -1.13. The molecule has 0 unspecified atom stereocenters. The van der Waals surface area contributed by atoms with Gasteiger partial charge in [-0.1, -0.05) is 31.5 Å². The summed E-state index contributed by atoms with van der Waals surface area (Å²) >= 11 is 11.7. The van der Waals surface area contributed by atoms with Gasteiger partial charge < -0.3 is 0 Å². The summed E-state index contributed by atoms with van der Waals surface area (Å²) in [6, 6.07) is 4.72. The second-order valence-corrected chi connectivity index (χ2v) is 4.64. The second-order valence-electron chi connectivity index (χ2n) is 3.89. The lowest BCUT2D eigenvalue weighted by atomic mass is 10.2. The van der Waals surface area contributed by atoms with Gasteiger partial charge in [0.15, 0.2) is 5.82 Å². The van der Waals surface area contributed by atoms with Crippen molar-refractivity contribution < 1.29 is 4.39 Å². The Labute approximate surface area is 108 Å². The van der Waals surface area contributed by atoms with E-state index in [9.17, 15) is 4.39 Å². The average molecular weight is 274 g/mol. The van der Waals surface area contributed by atoms with Gasteiger partial charge in [-0.15, -0.1) is 10.2 Å². The molecule has 0 spiro atoms. The van der Waals surface area contributed by atoms with Gasteiger partial charge in [0.1, 0.15) is 5.82 Å². The molecule has 2 rings (SSSR count). The van der Waals surface area contributed by atoms with Crippen molar-refractivity contribution in [1.29, 1.82) is 0 Å². The van der Waals surface area contributed by atoms with E-state index in [1.165, 1.54) is 10.6 Å². The third kappa shape index (κ3) is 2.15. The van der Waals surface area contributed by atoms with Crippen molar-refractivity contribution in [3.63, 3.8) is 0 Å². The van der Waals surface area contributed by atoms with Crippen LogP contribution in [0.4, 0.5) is 4.39 Å². The first-order valence-corrected chi connectivity index (χ1v) is 5.83. The molecule has 0 N–H and O–H groups in total. The fourth-order valence-corrected chi connectivity index (χ4v) is 1.92. The van der Waals surface area contributed by atoms with Crippen molar-refractivity contribution in [2.75, 3.05) is 0 Å². The van der Waals surface area contributed by atoms with Crippen molar-refractivity contribution >= 4 is 23.2 Å². The Morgan fingerprint density at radius 2 is 1.94 bits per heavy atom. The third-order valence-corrected chi connectivity index (χ3v) is 2.87. The molecule has 0 amide bonds. The Morgan fingerprint density at radius 3 is 2.59 bits per heavy atom. The van der Waals surface area contributed by atoms with E-state index in [2.05, 4.69) is 10.2 Å². The highest BCUT2D eigenvalue weighted by atomic mass is 35.5. The molecule has 3 nitrogen and oxygen atoms in total. The molecular weight excluding hydrogens is 264 g/mol. The number of halogens is 3. The van der Waals surface area contributed by atoms with Gasteiger partial charge in [-0.3, -0.25) is 4.57 Å². The zero-order valence-corrected chi connectivity index (χ0v) is 10.8. The molecule has 6 heteroatoms. The Balaban J connectivity index is 2.68. The standard InChI is InChI=1S/C11H10Cl2FN3/c1-6(2)10-15-16-11(13)17(10)8-5-3-4-7(12)9(8)14/h3-6H,1-2H3. The highest BCUT2D eigenvalue weighted by molar-refractivity contribution is 6.31. The van der Waals surface area contributed by atoms with Crippen LogP contribution in [0.15, 0.2) is 18.2 Å². The SMILES string of the molecule is CC(C)c1nnc(Cl)n1-c1cccc(Cl)c1F. The predicted molar refractivity (Wildman–Crippen MR) is 65.4 cm³/mol. The zero-order valence-electron chi connectivity index (χ0n) is 9.28. The summed E-state index contributed by atoms with van der Waals surface area (Å²) in [5.41, 5.74) is 0.260. The van der Waals surface area contributed by atoms with E-state index in [0.29, 0.717) is 5.82 Å². The molecule has 1 aromatic heterocycles. The van der Waals surface area contributed by atoms with Crippen molar-refractivity contribution in [3.8, 4) is 5.69 Å². The zero-order chi connectivity index (χ0) is 12.6. The van der Waals surface area contributed by atoms with Gasteiger partial charge in [0, 0.05) is 5.92 Å². The smallest absolute Gasteiger partial charge is 0.229 e. The molecule has 0 saturated heterocycles. The Bertz CT molecular complexity index is 552. The highest BCUT2D eigenvalue weighted by Crippen LogP contribution is 2.27. The largest absolute Gasteiger partial charge is 0.266 e. The van der Waals surface area contributed by atoms with Crippen LogP contribution in [-0.2, 0) is 0 Å². The van der Waals surface area contributed by atoms with Gasteiger partial charge in [-0.25, -0.2) is 4.39 Å². The monoisotopic (exact) mass is 273 g/mol. The quantitative estimate of drug-likeness (QED) is 0.833. The minimum atomic E-state index is -0.530. The van der Waals surface area contributed by atoms with E-state index in [1.807, 2.05) is 13.8 Å². The Morgan fingerprint density at radius 1 is 1.24 bits per heavy atom. The summed E-state index contributed by atoms with van der Waals surface area (Å²) in [6.07, 6.45) is 0. The Kier molecular flexibility index (Phi) is 3.35. The number of nitrogens with zero attached hydrogens (tertiary/aromatic N) is 3. The maximum atomic E-state index is 13.9. The lowest BCUT2D eigenvalue weighted by molar-refractivity contribution is 0.612. The molecule has 0 saturated carbocycles. The molecule has 0 fully saturated rings. The van der Waals surface area contributed by atoms with E-state index < -0.39 is 5.82 Å². The molecule has 1 heterocycles. The summed E-state index contributed by atoms with van der Waals surface area (Å²) in [6.45, 7) is 3.86. The molecule has 1 aromatic carbocycles. The van der Waals surface area contributed by atoms with Crippen LogP contribution in [0, 0.1) is 5.82 Å². The molecule has 0 bridgehead atoms. The molecule has 90 valence electrons. The first-order chi connectivity index (χ1) is 8.02. The number of aromatic nitrogens is 3. The second kappa shape index (κ2) is 4.63. The van der Waals surface area contributed by atoms with E-state index in [-0.39, 0.29) is 21.9 Å². The molecule has 2 aromatic rings. The van der Waals surface area contributed by atoms with Crippen LogP contribution in [0.25, 0.3) is 5.69 Å². The van der Waals surface area contributed by atoms with Crippen LogP contribution in [0.1, 0.15) is 25.6 Å². The fourth-order valence-electron chi connectivity index (χ4n) is 1.54. The van der Waals surface area contributed by atoms with Crippen LogP contribution in [0.3, 0.4) is 0 Å². The van der Waals surface area contributed by atoms with Crippen molar-refractivity contribution in [3.05, 3.63) is 40.1 Å². The minimum absolute atomic E-state index is 0.0435. The van der Waals surface area contributed by atoms with Crippen molar-refractivity contribution in [1.82, 2.24) is 14.8 Å². The fraction of sp³-hybridized carbons (Fsp3) is 0.273. The summed E-state index contributed by atoms with van der Waals surface area (Å²) in [7, 11) is 0. The highest BCUT2D eigenvalue weighted by Gasteiger charge is 2.18. The number of rotatable bonds is 2. The van der Waals surface area contributed by atoms with E-state index in [4.69, 9.17) is 23.2 Å². The molecule has 0 aliphatic rings. The maximum Gasteiger partial charge on any atom is 0.229 e. The summed E-state index contributed by atoms with van der Waals surface area (Å²) in [5.74, 6) is 0.141. The summed E-state index contributed by atoms with van der Waals surface area (Å²) in [4.78, 5) is 0. The van der Waals surface area contributed by atoms with E-state index in [0.717, 1.165) is 0 Å². The summed E-state index contributed by atoms with van der Waals surface area (Å²) in [5, 5.41) is 7.85. The number of benzene rings is 1. The molecule has 0 atom stereocenters. The normalized spacial score (nSPS) is 11.2.